The molecule has 0 radical (unpaired) electrons. The van der Waals surface area contributed by atoms with Gasteiger partial charge in [-0.25, -0.2) is 0 Å². The van der Waals surface area contributed by atoms with Gasteiger partial charge in [0.25, 0.3) is 0 Å². The topological polar surface area (TPSA) is 35.6 Å². The number of alkyl halides is 6. The second kappa shape index (κ2) is 13.1. The van der Waals surface area contributed by atoms with Crippen LogP contribution >= 0.6 is 0 Å². The van der Waals surface area contributed by atoms with Crippen LogP contribution in [0.1, 0.15) is 89.9 Å². The Morgan fingerprint density at radius 2 is 1.29 bits per heavy atom. The quantitative estimate of drug-likeness (QED) is 0.363. The third kappa shape index (κ3) is 8.01. The normalized spacial score (nSPS) is 30.7. The summed E-state index contributed by atoms with van der Waals surface area (Å²) in [7, 11) is 0. The third-order valence-corrected chi connectivity index (χ3v) is 9.75. The molecule has 0 bridgehead atoms. The van der Waals surface area contributed by atoms with Crippen LogP contribution in [0.4, 0.5) is 26.3 Å². The summed E-state index contributed by atoms with van der Waals surface area (Å²) in [5, 5.41) is 2.95. The van der Waals surface area contributed by atoms with E-state index >= 15 is 0 Å². The van der Waals surface area contributed by atoms with E-state index in [1.54, 1.807) is 0 Å². The SMILES string of the molecule is O=C(NCCC1CC(C(F)(F)F)CC(C(F)(F)F)C1)C(C1CCCCC1)N1CCC(N2CCCCC2)CC1. The summed E-state index contributed by atoms with van der Waals surface area (Å²) in [5.41, 5.74) is 0. The van der Waals surface area contributed by atoms with Gasteiger partial charge >= 0.3 is 12.4 Å². The summed E-state index contributed by atoms with van der Waals surface area (Å²) in [6.07, 6.45) is 0.664. The molecule has 1 amide bonds. The van der Waals surface area contributed by atoms with E-state index in [1.165, 1.54) is 25.7 Å². The van der Waals surface area contributed by atoms with E-state index in [2.05, 4.69) is 15.1 Å². The van der Waals surface area contributed by atoms with E-state index in [-0.39, 0.29) is 43.7 Å². The van der Waals surface area contributed by atoms with E-state index < -0.39 is 36.5 Å². The molecule has 0 aromatic heterocycles. The average Bonchev–Trinajstić information content (AvgIpc) is 2.89. The van der Waals surface area contributed by atoms with Crippen LogP contribution in [0.2, 0.25) is 0 Å². The fourth-order valence-electron chi connectivity index (χ4n) is 7.65. The molecule has 4 aliphatic rings. The fourth-order valence-corrected chi connectivity index (χ4v) is 7.65. The van der Waals surface area contributed by atoms with Crippen LogP contribution in [-0.4, -0.2) is 72.9 Å². The smallest absolute Gasteiger partial charge is 0.355 e. The number of amides is 1. The Morgan fingerprint density at radius 1 is 0.737 bits per heavy atom. The molecule has 2 heterocycles. The fraction of sp³-hybridized carbons (Fsp3) is 0.964. The van der Waals surface area contributed by atoms with Crippen molar-refractivity contribution in [2.75, 3.05) is 32.7 Å². The molecular weight excluding hydrogens is 508 g/mol. The van der Waals surface area contributed by atoms with Crippen molar-refractivity contribution in [1.29, 1.82) is 0 Å². The Hall–Kier alpha value is -1.03. The van der Waals surface area contributed by atoms with Gasteiger partial charge in [0, 0.05) is 25.7 Å². The largest absolute Gasteiger partial charge is 0.391 e. The van der Waals surface area contributed by atoms with Gasteiger partial charge in [0.2, 0.25) is 5.91 Å². The van der Waals surface area contributed by atoms with Crippen LogP contribution in [0.5, 0.6) is 0 Å². The average molecular weight is 554 g/mol. The Balaban J connectivity index is 1.33. The number of halogens is 6. The van der Waals surface area contributed by atoms with Crippen molar-refractivity contribution in [3.05, 3.63) is 0 Å². The summed E-state index contributed by atoms with van der Waals surface area (Å²) in [6, 6.07) is 0.311. The molecule has 4 nitrogen and oxygen atoms in total. The maximum absolute atomic E-state index is 13.5. The lowest BCUT2D eigenvalue weighted by atomic mass is 9.73. The Kier molecular flexibility index (Phi) is 10.3. The molecule has 10 heteroatoms. The lowest BCUT2D eigenvalue weighted by Gasteiger charge is -2.44. The van der Waals surface area contributed by atoms with Crippen LogP contribution in [0, 0.1) is 23.7 Å². The van der Waals surface area contributed by atoms with Crippen LogP contribution in [0.3, 0.4) is 0 Å². The molecule has 220 valence electrons. The molecule has 2 saturated carbocycles. The second-order valence-corrected chi connectivity index (χ2v) is 12.3. The van der Waals surface area contributed by atoms with Gasteiger partial charge in [0.1, 0.15) is 0 Å². The highest BCUT2D eigenvalue weighted by Gasteiger charge is 2.51. The maximum Gasteiger partial charge on any atom is 0.391 e. The first kappa shape index (κ1) is 29.9. The highest BCUT2D eigenvalue weighted by Crippen LogP contribution is 2.48. The summed E-state index contributed by atoms with van der Waals surface area (Å²) < 4.78 is 80.1. The molecule has 2 saturated heterocycles. The molecule has 2 aliphatic carbocycles. The first-order chi connectivity index (χ1) is 18.0. The van der Waals surface area contributed by atoms with E-state index in [4.69, 9.17) is 0 Å². The predicted molar refractivity (Wildman–Crippen MR) is 134 cm³/mol. The Labute approximate surface area is 223 Å². The van der Waals surface area contributed by atoms with Crippen molar-refractivity contribution in [2.24, 2.45) is 23.7 Å². The number of nitrogens with one attached hydrogen (secondary N) is 1. The summed E-state index contributed by atoms with van der Waals surface area (Å²) in [5.74, 6) is -4.40. The van der Waals surface area contributed by atoms with Crippen molar-refractivity contribution < 1.29 is 31.1 Å². The molecule has 4 fully saturated rings. The number of rotatable bonds is 7. The van der Waals surface area contributed by atoms with Crippen LogP contribution in [-0.2, 0) is 4.79 Å². The molecule has 0 aromatic carbocycles. The molecule has 0 spiro atoms. The van der Waals surface area contributed by atoms with Crippen molar-refractivity contribution in [3.8, 4) is 0 Å². The number of nitrogens with zero attached hydrogens (tertiary/aromatic N) is 2. The lowest BCUT2D eigenvalue weighted by molar-refractivity contribution is -0.228. The molecule has 4 rings (SSSR count). The van der Waals surface area contributed by atoms with Gasteiger partial charge in [-0.05, 0) is 89.1 Å². The predicted octanol–water partition coefficient (Wildman–Crippen LogP) is 6.55. The summed E-state index contributed by atoms with van der Waals surface area (Å²) >= 11 is 0. The first-order valence-corrected chi connectivity index (χ1v) is 14.9. The van der Waals surface area contributed by atoms with Crippen molar-refractivity contribution in [3.63, 3.8) is 0 Å². The van der Waals surface area contributed by atoms with E-state index in [0.29, 0.717) is 6.04 Å². The molecule has 2 aliphatic heterocycles. The lowest BCUT2D eigenvalue weighted by Crippen LogP contribution is -2.56. The first-order valence-electron chi connectivity index (χ1n) is 14.9. The molecule has 0 aromatic rings. The zero-order valence-corrected chi connectivity index (χ0v) is 22.5. The van der Waals surface area contributed by atoms with Crippen LogP contribution in [0.15, 0.2) is 0 Å². The summed E-state index contributed by atoms with van der Waals surface area (Å²) in [6.45, 7) is 4.16. The number of hydrogen-bond donors (Lipinski definition) is 1. The van der Waals surface area contributed by atoms with Gasteiger partial charge in [-0.2, -0.15) is 26.3 Å². The highest BCUT2D eigenvalue weighted by atomic mass is 19.4. The van der Waals surface area contributed by atoms with Crippen molar-refractivity contribution in [1.82, 2.24) is 15.1 Å². The van der Waals surface area contributed by atoms with Gasteiger partial charge in [-0.15, -0.1) is 0 Å². The minimum absolute atomic E-state index is 0.0936. The van der Waals surface area contributed by atoms with Gasteiger partial charge in [0.15, 0.2) is 0 Å². The number of piperidine rings is 2. The van der Waals surface area contributed by atoms with Crippen molar-refractivity contribution >= 4 is 5.91 Å². The van der Waals surface area contributed by atoms with Crippen LogP contribution in [0.25, 0.3) is 0 Å². The zero-order valence-electron chi connectivity index (χ0n) is 22.5. The number of carbonyl (C=O) groups excluding carboxylic acids is 1. The molecule has 3 unspecified atom stereocenters. The third-order valence-electron chi connectivity index (χ3n) is 9.75. The second-order valence-electron chi connectivity index (χ2n) is 12.3. The molecule has 3 atom stereocenters. The summed E-state index contributed by atoms with van der Waals surface area (Å²) in [4.78, 5) is 18.4. The molecule has 38 heavy (non-hydrogen) atoms. The maximum atomic E-state index is 13.5. The zero-order chi connectivity index (χ0) is 27.3. The van der Waals surface area contributed by atoms with Gasteiger partial charge in [0.05, 0.1) is 17.9 Å². The van der Waals surface area contributed by atoms with Crippen LogP contribution < -0.4 is 5.32 Å². The van der Waals surface area contributed by atoms with Gasteiger partial charge in [-0.3, -0.25) is 9.69 Å². The van der Waals surface area contributed by atoms with E-state index in [1.807, 2.05) is 0 Å². The van der Waals surface area contributed by atoms with E-state index in [0.717, 1.165) is 64.7 Å². The minimum atomic E-state index is -4.63. The van der Waals surface area contributed by atoms with E-state index in [9.17, 15) is 31.1 Å². The standard InChI is InChI=1S/C28H45F6N3O/c29-27(30,31)22-17-20(18-23(19-22)28(32,33)34)9-12-35-26(38)25(21-7-3-1-4-8-21)37-15-10-24(11-16-37)36-13-5-2-6-14-36/h20-25H,1-19H2,(H,35,38). The molecular formula is C28H45F6N3O. The number of carbonyl (C=O) groups is 1. The number of likely N-dealkylation sites (tertiary alicyclic amines) is 2. The molecule has 1 N–H and O–H groups in total. The number of hydrogen-bond acceptors (Lipinski definition) is 3. The van der Waals surface area contributed by atoms with Gasteiger partial charge < -0.3 is 10.2 Å². The van der Waals surface area contributed by atoms with Crippen molar-refractivity contribution in [2.45, 2.75) is 114 Å². The highest BCUT2D eigenvalue weighted by molar-refractivity contribution is 5.82. The minimum Gasteiger partial charge on any atom is -0.355 e. The Bertz CT molecular complexity index is 718. The Morgan fingerprint density at radius 3 is 1.84 bits per heavy atom. The monoisotopic (exact) mass is 553 g/mol. The van der Waals surface area contributed by atoms with Gasteiger partial charge in [-0.1, -0.05) is 25.7 Å².